The molecule has 1 aromatic carbocycles. The Morgan fingerprint density at radius 2 is 1.85 bits per heavy atom. The Bertz CT molecular complexity index is 919. The van der Waals surface area contributed by atoms with E-state index in [1.807, 2.05) is 0 Å². The molecule has 2 N–H and O–H groups in total. The molecule has 2 fully saturated rings. The van der Waals surface area contributed by atoms with Gasteiger partial charge in [-0.2, -0.15) is 4.39 Å². The fourth-order valence-electron chi connectivity index (χ4n) is 3.96. The van der Waals surface area contributed by atoms with Crippen LogP contribution in [0.15, 0.2) is 6.07 Å². The van der Waals surface area contributed by atoms with Crippen molar-refractivity contribution in [1.29, 1.82) is 0 Å². The maximum absolute atomic E-state index is 14.2. The zero-order valence-corrected chi connectivity index (χ0v) is 15.2. The van der Waals surface area contributed by atoms with E-state index in [1.54, 1.807) is 11.8 Å². The van der Waals surface area contributed by atoms with E-state index in [9.17, 15) is 28.2 Å². The number of hydrogen-bond donors (Lipinski definition) is 2. The van der Waals surface area contributed by atoms with Crippen LogP contribution in [0, 0.1) is 36.2 Å². The molecule has 1 amide bonds. The van der Waals surface area contributed by atoms with Gasteiger partial charge in [0.15, 0.2) is 17.4 Å². The van der Waals surface area contributed by atoms with Gasteiger partial charge in [0, 0.05) is 24.9 Å². The number of fused-ring (bicyclic) bond motifs is 2. The fourth-order valence-corrected chi connectivity index (χ4v) is 5.00. The minimum absolute atomic E-state index is 0.0115. The minimum atomic E-state index is -1.66. The molecule has 2 bridgehead atoms. The molecule has 2 unspecified atom stereocenters. The molecule has 2 aliphatic rings. The number of aliphatic hydroxyl groups excluding tert-OH is 1. The maximum Gasteiger partial charge on any atom is 0.265 e. The van der Waals surface area contributed by atoms with Crippen molar-refractivity contribution in [3.05, 3.63) is 34.1 Å². The number of benzene rings is 1. The highest BCUT2D eigenvalue weighted by Gasteiger charge is 2.43. The van der Waals surface area contributed by atoms with Gasteiger partial charge in [-0.3, -0.25) is 4.79 Å². The summed E-state index contributed by atoms with van der Waals surface area (Å²) in [5.41, 5.74) is -0.0465. The number of nitrogens with zero attached hydrogens (tertiary/aromatic N) is 2. The first-order valence-electron chi connectivity index (χ1n) is 8.59. The summed E-state index contributed by atoms with van der Waals surface area (Å²) >= 11 is 0.870. The summed E-state index contributed by atoms with van der Waals surface area (Å²) in [5, 5.41) is 19.5. The molecule has 27 heavy (non-hydrogen) atoms. The molecule has 2 heterocycles. The van der Waals surface area contributed by atoms with E-state index in [1.165, 1.54) is 0 Å². The van der Waals surface area contributed by atoms with Crippen LogP contribution >= 0.6 is 11.3 Å². The van der Waals surface area contributed by atoms with E-state index in [-0.39, 0.29) is 33.7 Å². The van der Waals surface area contributed by atoms with Gasteiger partial charge in [-0.25, -0.2) is 13.8 Å². The number of phenolic OH excluding ortho intramolecular Hbond substituents is 1. The molecule has 2 aromatic rings. The Morgan fingerprint density at radius 3 is 2.48 bits per heavy atom. The van der Waals surface area contributed by atoms with Crippen molar-refractivity contribution in [3.8, 4) is 16.3 Å². The Labute approximate surface area is 157 Å². The van der Waals surface area contributed by atoms with Crippen LogP contribution in [0.5, 0.6) is 5.75 Å². The Hall–Kier alpha value is -2.13. The number of thiazole rings is 1. The van der Waals surface area contributed by atoms with Crippen molar-refractivity contribution in [2.75, 3.05) is 13.1 Å². The highest BCUT2D eigenvalue weighted by Crippen LogP contribution is 2.39. The van der Waals surface area contributed by atoms with Gasteiger partial charge >= 0.3 is 0 Å². The number of aryl methyl sites for hydroxylation is 1. The number of rotatable bonds is 2. The standard InChI is InChI=1S/C18H17F3N2O3S/c1-7-16(18(26)23-5-8-2-3-9(6-23)14(8)24)27-17(22-7)10-4-11(19)13(21)15(25)12(10)20/h4,8-9,14,24-25H,2-3,5-6H2,1H3. The average Bonchev–Trinajstić information content (AvgIpc) is 3.09. The molecule has 5 nitrogen and oxygen atoms in total. The normalized spacial score (nSPS) is 24.5. The van der Waals surface area contributed by atoms with Gasteiger partial charge in [-0.05, 0) is 25.8 Å². The lowest BCUT2D eigenvalue weighted by Gasteiger charge is -2.35. The van der Waals surface area contributed by atoms with Crippen LogP contribution in [0.2, 0.25) is 0 Å². The number of carbonyl (C=O) groups excluding carboxylic acids is 1. The molecule has 1 aliphatic carbocycles. The number of halogens is 3. The molecule has 4 rings (SSSR count). The highest BCUT2D eigenvalue weighted by molar-refractivity contribution is 7.17. The number of aromatic hydroxyl groups is 1. The SMILES string of the molecule is Cc1nc(-c2cc(F)c(F)c(O)c2F)sc1C(=O)N1CC2CCC(C1)C2O. The van der Waals surface area contributed by atoms with Gasteiger partial charge in [-0.1, -0.05) is 0 Å². The third kappa shape index (κ3) is 2.89. The second-order valence-electron chi connectivity index (χ2n) is 7.11. The van der Waals surface area contributed by atoms with Crippen LogP contribution < -0.4 is 0 Å². The summed E-state index contributed by atoms with van der Waals surface area (Å²) in [6.07, 6.45) is 1.37. The lowest BCUT2D eigenvalue weighted by molar-refractivity contribution is 0.0168. The lowest BCUT2D eigenvalue weighted by atomic mass is 9.95. The number of phenols is 1. The zero-order valence-electron chi connectivity index (χ0n) is 14.4. The van der Waals surface area contributed by atoms with Crippen molar-refractivity contribution in [2.45, 2.75) is 25.9 Å². The second-order valence-corrected chi connectivity index (χ2v) is 8.11. The number of likely N-dealkylation sites (tertiary alicyclic amines) is 1. The van der Waals surface area contributed by atoms with Gasteiger partial charge < -0.3 is 15.1 Å². The third-order valence-corrected chi connectivity index (χ3v) is 6.60. The summed E-state index contributed by atoms with van der Waals surface area (Å²) in [6, 6.07) is 0.619. The number of amides is 1. The van der Waals surface area contributed by atoms with Crippen molar-refractivity contribution in [1.82, 2.24) is 9.88 Å². The summed E-state index contributed by atoms with van der Waals surface area (Å²) < 4.78 is 41.0. The van der Waals surface area contributed by atoms with Gasteiger partial charge in [0.1, 0.15) is 9.88 Å². The number of hydrogen-bond acceptors (Lipinski definition) is 5. The van der Waals surface area contributed by atoms with E-state index < -0.39 is 28.8 Å². The van der Waals surface area contributed by atoms with Crippen LogP contribution in [-0.2, 0) is 0 Å². The van der Waals surface area contributed by atoms with Crippen molar-refractivity contribution >= 4 is 17.2 Å². The van der Waals surface area contributed by atoms with Crippen LogP contribution in [-0.4, -0.2) is 45.2 Å². The first-order valence-corrected chi connectivity index (χ1v) is 9.41. The first-order chi connectivity index (χ1) is 12.8. The van der Waals surface area contributed by atoms with Gasteiger partial charge in [0.2, 0.25) is 5.82 Å². The maximum atomic E-state index is 14.2. The quantitative estimate of drug-likeness (QED) is 0.763. The molecular formula is C18H17F3N2O3S. The molecule has 144 valence electrons. The highest BCUT2D eigenvalue weighted by atomic mass is 32.1. The number of piperidine rings is 1. The zero-order chi connectivity index (χ0) is 19.5. The monoisotopic (exact) mass is 398 g/mol. The van der Waals surface area contributed by atoms with Crippen LogP contribution in [0.4, 0.5) is 13.2 Å². The third-order valence-electron chi connectivity index (χ3n) is 5.43. The number of aliphatic hydroxyl groups is 1. The van der Waals surface area contributed by atoms with Crippen LogP contribution in [0.1, 0.15) is 28.2 Å². The van der Waals surface area contributed by atoms with E-state index in [0.717, 1.165) is 24.2 Å². The van der Waals surface area contributed by atoms with Crippen LogP contribution in [0.3, 0.4) is 0 Å². The Kier molecular flexibility index (Phi) is 4.38. The Balaban J connectivity index is 1.66. The van der Waals surface area contributed by atoms with Gasteiger partial charge in [0.05, 0.1) is 17.4 Å². The number of aromatic nitrogens is 1. The number of carbonyl (C=O) groups is 1. The molecule has 1 aliphatic heterocycles. The van der Waals surface area contributed by atoms with Crippen molar-refractivity contribution < 1.29 is 28.2 Å². The molecule has 1 saturated heterocycles. The van der Waals surface area contributed by atoms with E-state index in [0.29, 0.717) is 24.8 Å². The average molecular weight is 398 g/mol. The van der Waals surface area contributed by atoms with E-state index in [4.69, 9.17) is 0 Å². The van der Waals surface area contributed by atoms with Crippen LogP contribution in [0.25, 0.3) is 10.6 Å². The molecule has 1 saturated carbocycles. The van der Waals surface area contributed by atoms with Crippen molar-refractivity contribution in [3.63, 3.8) is 0 Å². The molecule has 2 atom stereocenters. The molecule has 0 radical (unpaired) electrons. The predicted molar refractivity (Wildman–Crippen MR) is 92.0 cm³/mol. The second kappa shape index (κ2) is 6.49. The summed E-state index contributed by atoms with van der Waals surface area (Å²) in [4.78, 5) is 19.0. The van der Waals surface area contributed by atoms with Gasteiger partial charge in [-0.15, -0.1) is 11.3 Å². The molecule has 1 aromatic heterocycles. The minimum Gasteiger partial charge on any atom is -0.503 e. The molecule has 0 spiro atoms. The van der Waals surface area contributed by atoms with E-state index >= 15 is 0 Å². The topological polar surface area (TPSA) is 73.7 Å². The largest absolute Gasteiger partial charge is 0.503 e. The first kappa shape index (κ1) is 18.2. The van der Waals surface area contributed by atoms with Crippen molar-refractivity contribution in [2.24, 2.45) is 11.8 Å². The predicted octanol–water partition coefficient (Wildman–Crippen LogP) is 3.08. The summed E-state index contributed by atoms with van der Waals surface area (Å²) in [7, 11) is 0. The summed E-state index contributed by atoms with van der Waals surface area (Å²) in [6.45, 7) is 2.48. The smallest absolute Gasteiger partial charge is 0.265 e. The van der Waals surface area contributed by atoms with Gasteiger partial charge in [0.25, 0.3) is 5.91 Å². The Morgan fingerprint density at radius 1 is 1.22 bits per heavy atom. The molecule has 9 heteroatoms. The lowest BCUT2D eigenvalue weighted by Crippen LogP contribution is -2.47. The van der Waals surface area contributed by atoms with E-state index in [2.05, 4.69) is 4.98 Å². The summed E-state index contributed by atoms with van der Waals surface area (Å²) in [5.74, 6) is -5.95. The molecular weight excluding hydrogens is 381 g/mol. The fraction of sp³-hybridized carbons (Fsp3) is 0.444.